The lowest BCUT2D eigenvalue weighted by molar-refractivity contribution is -0.121. The summed E-state index contributed by atoms with van der Waals surface area (Å²) in [6.45, 7) is 0.433. The van der Waals surface area contributed by atoms with Crippen molar-refractivity contribution < 1.29 is 13.2 Å². The summed E-state index contributed by atoms with van der Waals surface area (Å²) in [5, 5.41) is 3.61. The van der Waals surface area contributed by atoms with Gasteiger partial charge in [-0.25, -0.2) is 13.1 Å². The van der Waals surface area contributed by atoms with Crippen molar-refractivity contribution in [1.82, 2.24) is 10.0 Å². The first-order valence-electron chi connectivity index (χ1n) is 8.52. The molecular weight excluding hydrogens is 404 g/mol. The van der Waals surface area contributed by atoms with Crippen LogP contribution in [0.4, 0.5) is 0 Å². The van der Waals surface area contributed by atoms with Crippen LogP contribution < -0.4 is 10.0 Å². The Hall–Kier alpha value is -1.54. The van der Waals surface area contributed by atoms with E-state index in [0.29, 0.717) is 18.5 Å². The number of halogens is 1. The van der Waals surface area contributed by atoms with Crippen LogP contribution >= 0.6 is 23.4 Å². The summed E-state index contributed by atoms with van der Waals surface area (Å²) in [4.78, 5) is 13.1. The first-order chi connectivity index (χ1) is 12.9. The van der Waals surface area contributed by atoms with E-state index in [2.05, 4.69) is 10.0 Å². The highest BCUT2D eigenvalue weighted by Gasteiger charge is 2.08. The molecule has 0 atom stereocenters. The maximum atomic E-state index is 11.9. The van der Waals surface area contributed by atoms with Gasteiger partial charge in [-0.05, 0) is 54.6 Å². The summed E-state index contributed by atoms with van der Waals surface area (Å²) < 4.78 is 25.3. The fourth-order valence-electron chi connectivity index (χ4n) is 2.29. The van der Waals surface area contributed by atoms with Gasteiger partial charge in [0.05, 0.1) is 5.75 Å². The summed E-state index contributed by atoms with van der Waals surface area (Å²) in [7, 11) is -1.88. The highest BCUT2D eigenvalue weighted by atomic mass is 35.5. The molecule has 0 saturated heterocycles. The van der Waals surface area contributed by atoms with Crippen LogP contribution in [0.3, 0.4) is 0 Å². The van der Waals surface area contributed by atoms with Gasteiger partial charge in [-0.15, -0.1) is 11.8 Å². The summed E-state index contributed by atoms with van der Waals surface area (Å²) >= 11 is 7.55. The molecule has 0 aliphatic heterocycles. The maximum Gasteiger partial charge on any atom is 0.220 e. The third kappa shape index (κ3) is 8.34. The average Bonchev–Trinajstić information content (AvgIpc) is 2.66. The van der Waals surface area contributed by atoms with Gasteiger partial charge in [0.2, 0.25) is 15.9 Å². The monoisotopic (exact) mass is 426 g/mol. The minimum atomic E-state index is -3.27. The number of hydrogen-bond donors (Lipinski definition) is 2. The van der Waals surface area contributed by atoms with Crippen molar-refractivity contribution in [1.29, 1.82) is 0 Å². The zero-order valence-electron chi connectivity index (χ0n) is 15.1. The van der Waals surface area contributed by atoms with E-state index in [-0.39, 0.29) is 11.7 Å². The maximum absolute atomic E-state index is 11.9. The van der Waals surface area contributed by atoms with Crippen molar-refractivity contribution >= 4 is 39.3 Å². The van der Waals surface area contributed by atoms with E-state index in [1.807, 2.05) is 36.4 Å². The van der Waals surface area contributed by atoms with Crippen LogP contribution in [-0.4, -0.2) is 27.1 Å². The van der Waals surface area contributed by atoms with E-state index < -0.39 is 10.0 Å². The third-order valence-corrected chi connectivity index (χ3v) is 6.50. The normalized spacial score (nSPS) is 11.3. The van der Waals surface area contributed by atoms with Gasteiger partial charge < -0.3 is 5.32 Å². The molecule has 146 valence electrons. The standard InChI is InChI=1S/C19H23ClN2O3S2/c1-21-27(24,25)14-16-6-4-15(5-7-16)13-22-19(23)3-2-12-26-18-10-8-17(20)9-11-18/h4-11,21H,2-3,12-14H2,1H3,(H,22,23). The summed E-state index contributed by atoms with van der Waals surface area (Å²) in [6, 6.07) is 14.8. The van der Waals surface area contributed by atoms with Gasteiger partial charge in [-0.1, -0.05) is 35.9 Å². The molecule has 0 aromatic heterocycles. The van der Waals surface area contributed by atoms with E-state index in [1.165, 1.54) is 7.05 Å². The molecule has 0 saturated carbocycles. The van der Waals surface area contributed by atoms with Crippen LogP contribution in [-0.2, 0) is 27.1 Å². The summed E-state index contributed by atoms with van der Waals surface area (Å²) in [5.41, 5.74) is 1.64. The van der Waals surface area contributed by atoms with Crippen molar-refractivity contribution in [2.45, 2.75) is 30.0 Å². The number of nitrogens with one attached hydrogen (secondary N) is 2. The number of sulfonamides is 1. The number of thioether (sulfide) groups is 1. The Balaban J connectivity index is 1.67. The average molecular weight is 427 g/mol. The van der Waals surface area contributed by atoms with Crippen molar-refractivity contribution in [2.75, 3.05) is 12.8 Å². The molecule has 2 N–H and O–H groups in total. The molecule has 0 bridgehead atoms. The molecule has 0 aliphatic carbocycles. The Morgan fingerprint density at radius 3 is 2.30 bits per heavy atom. The Kier molecular flexibility index (Phi) is 8.63. The van der Waals surface area contributed by atoms with Crippen molar-refractivity contribution in [3.8, 4) is 0 Å². The van der Waals surface area contributed by atoms with Crippen LogP contribution in [0, 0.1) is 0 Å². The molecule has 27 heavy (non-hydrogen) atoms. The van der Waals surface area contributed by atoms with Crippen LogP contribution in [0.15, 0.2) is 53.4 Å². The molecule has 0 spiro atoms. The Bertz CT molecular complexity index is 838. The molecule has 0 aliphatic rings. The largest absolute Gasteiger partial charge is 0.352 e. The van der Waals surface area contributed by atoms with Gasteiger partial charge in [0.25, 0.3) is 0 Å². The highest BCUT2D eigenvalue weighted by molar-refractivity contribution is 7.99. The lowest BCUT2D eigenvalue weighted by Crippen LogP contribution is -2.22. The zero-order valence-corrected chi connectivity index (χ0v) is 17.5. The first kappa shape index (κ1) is 21.8. The zero-order chi connectivity index (χ0) is 19.7. The minimum absolute atomic E-state index is 0.00791. The minimum Gasteiger partial charge on any atom is -0.352 e. The van der Waals surface area contributed by atoms with E-state index in [9.17, 15) is 13.2 Å². The molecule has 2 rings (SSSR count). The van der Waals surface area contributed by atoms with Crippen LogP contribution in [0.2, 0.25) is 5.02 Å². The topological polar surface area (TPSA) is 75.3 Å². The predicted molar refractivity (Wildman–Crippen MR) is 111 cm³/mol. The van der Waals surface area contributed by atoms with Crippen molar-refractivity contribution in [3.05, 3.63) is 64.7 Å². The Morgan fingerprint density at radius 1 is 1.04 bits per heavy atom. The van der Waals surface area contributed by atoms with Crippen LogP contribution in [0.25, 0.3) is 0 Å². The van der Waals surface area contributed by atoms with Gasteiger partial charge in [0.15, 0.2) is 0 Å². The SMILES string of the molecule is CNS(=O)(=O)Cc1ccc(CNC(=O)CCCSc2ccc(Cl)cc2)cc1. The second-order valence-corrected chi connectivity index (χ2v) is 9.49. The van der Waals surface area contributed by atoms with Gasteiger partial charge >= 0.3 is 0 Å². The van der Waals surface area contributed by atoms with E-state index >= 15 is 0 Å². The van der Waals surface area contributed by atoms with Gasteiger partial charge in [0.1, 0.15) is 0 Å². The fraction of sp³-hybridized carbons (Fsp3) is 0.316. The second-order valence-electron chi connectivity index (χ2n) is 5.96. The van der Waals surface area contributed by atoms with Gasteiger partial charge in [-0.2, -0.15) is 0 Å². The fourth-order valence-corrected chi connectivity index (χ4v) is 4.04. The van der Waals surface area contributed by atoms with Crippen molar-refractivity contribution in [3.63, 3.8) is 0 Å². The van der Waals surface area contributed by atoms with Crippen molar-refractivity contribution in [2.24, 2.45) is 0 Å². The predicted octanol–water partition coefficient (Wildman–Crippen LogP) is 3.58. The highest BCUT2D eigenvalue weighted by Crippen LogP contribution is 2.21. The molecule has 8 heteroatoms. The van der Waals surface area contributed by atoms with E-state index in [1.54, 1.807) is 23.9 Å². The molecule has 2 aromatic carbocycles. The molecule has 1 amide bonds. The van der Waals surface area contributed by atoms with E-state index in [0.717, 1.165) is 27.7 Å². The van der Waals surface area contributed by atoms with E-state index in [4.69, 9.17) is 11.6 Å². The lowest BCUT2D eigenvalue weighted by atomic mass is 10.1. The summed E-state index contributed by atoms with van der Waals surface area (Å²) in [6.07, 6.45) is 1.26. The molecular formula is C19H23ClN2O3S2. The number of carbonyl (C=O) groups is 1. The molecule has 0 unspecified atom stereocenters. The Labute approximate surface area is 169 Å². The number of carbonyl (C=O) groups excluding carboxylic acids is 1. The van der Waals surface area contributed by atoms with Crippen LogP contribution in [0.1, 0.15) is 24.0 Å². The lowest BCUT2D eigenvalue weighted by Gasteiger charge is -2.07. The molecule has 0 radical (unpaired) electrons. The first-order valence-corrected chi connectivity index (χ1v) is 11.5. The van der Waals surface area contributed by atoms with Gasteiger partial charge in [0, 0.05) is 22.9 Å². The second kappa shape index (κ2) is 10.7. The smallest absolute Gasteiger partial charge is 0.220 e. The Morgan fingerprint density at radius 2 is 1.67 bits per heavy atom. The quantitative estimate of drug-likeness (QED) is 0.449. The third-order valence-electron chi connectivity index (χ3n) is 3.81. The summed E-state index contributed by atoms with van der Waals surface area (Å²) in [5.74, 6) is 0.819. The number of hydrogen-bond acceptors (Lipinski definition) is 4. The molecule has 0 fully saturated rings. The van der Waals surface area contributed by atoms with Crippen LogP contribution in [0.5, 0.6) is 0 Å². The number of amides is 1. The number of rotatable bonds is 10. The number of benzene rings is 2. The van der Waals surface area contributed by atoms with Gasteiger partial charge in [-0.3, -0.25) is 4.79 Å². The molecule has 5 nitrogen and oxygen atoms in total. The molecule has 2 aromatic rings. The molecule has 0 heterocycles.